The van der Waals surface area contributed by atoms with Crippen LogP contribution < -0.4 is 10.6 Å². The van der Waals surface area contributed by atoms with Crippen molar-refractivity contribution < 1.29 is 4.79 Å². The van der Waals surface area contributed by atoms with E-state index in [9.17, 15) is 4.79 Å². The Morgan fingerprint density at radius 1 is 1.31 bits per heavy atom. The Hall–Kier alpha value is -2.71. The topological polar surface area (TPSA) is 101 Å². The first-order valence-corrected chi connectivity index (χ1v) is 8.83. The predicted molar refractivity (Wildman–Crippen MR) is 98.1 cm³/mol. The van der Waals surface area contributed by atoms with Crippen molar-refractivity contribution in [3.63, 3.8) is 0 Å². The second-order valence-corrected chi connectivity index (χ2v) is 6.53. The molecule has 3 aromatic rings. The van der Waals surface area contributed by atoms with Gasteiger partial charge in [-0.3, -0.25) is 19.9 Å². The molecule has 1 saturated heterocycles. The van der Waals surface area contributed by atoms with Gasteiger partial charge in [0.1, 0.15) is 0 Å². The molecule has 0 aliphatic carbocycles. The van der Waals surface area contributed by atoms with Gasteiger partial charge in [0.2, 0.25) is 5.95 Å². The summed E-state index contributed by atoms with van der Waals surface area (Å²) in [5.41, 5.74) is 1.05. The monoisotopic (exact) mass is 371 g/mol. The van der Waals surface area contributed by atoms with Crippen molar-refractivity contribution in [2.75, 3.05) is 18.4 Å². The zero-order valence-electron chi connectivity index (χ0n) is 13.9. The van der Waals surface area contributed by atoms with Crippen LogP contribution in [0.4, 0.5) is 5.95 Å². The molecule has 2 aromatic heterocycles. The summed E-state index contributed by atoms with van der Waals surface area (Å²) in [6, 6.07) is 9.27. The van der Waals surface area contributed by atoms with Crippen LogP contribution in [-0.2, 0) is 0 Å². The van der Waals surface area contributed by atoms with Gasteiger partial charge in [-0.15, -0.1) is 5.10 Å². The van der Waals surface area contributed by atoms with Gasteiger partial charge >= 0.3 is 0 Å². The van der Waals surface area contributed by atoms with E-state index in [1.54, 1.807) is 12.1 Å². The Balaban J connectivity index is 1.45. The standard InChI is InChI=1S/C17H18ClN7O/c18-13-6-2-1-5-12(13)15-20-17(23-22-15)21-16(26)14-7-9-25(24-14)11-4-3-8-19-10-11/h1-2,5-7,9,11,19H,3-4,8,10H2,(H2,20,21,22,23,26). The van der Waals surface area contributed by atoms with Crippen molar-refractivity contribution in [1.29, 1.82) is 0 Å². The summed E-state index contributed by atoms with van der Waals surface area (Å²) in [7, 11) is 0. The highest BCUT2D eigenvalue weighted by Gasteiger charge is 2.19. The van der Waals surface area contributed by atoms with Crippen LogP contribution in [0.3, 0.4) is 0 Å². The number of carbonyl (C=O) groups excluding carboxylic acids is 1. The summed E-state index contributed by atoms with van der Waals surface area (Å²) in [5.74, 6) is 0.320. The van der Waals surface area contributed by atoms with Crippen molar-refractivity contribution in [2.45, 2.75) is 18.9 Å². The molecule has 9 heteroatoms. The lowest BCUT2D eigenvalue weighted by atomic mass is 10.1. The molecule has 1 aromatic carbocycles. The van der Waals surface area contributed by atoms with Crippen molar-refractivity contribution in [3.8, 4) is 11.4 Å². The number of rotatable bonds is 4. The fourth-order valence-electron chi connectivity index (χ4n) is 2.98. The maximum absolute atomic E-state index is 12.4. The molecule has 134 valence electrons. The Labute approximate surface area is 155 Å². The molecule has 3 heterocycles. The number of piperidine rings is 1. The van der Waals surface area contributed by atoms with Crippen LogP contribution in [0.5, 0.6) is 0 Å². The second-order valence-electron chi connectivity index (χ2n) is 6.12. The van der Waals surface area contributed by atoms with E-state index in [1.807, 2.05) is 29.1 Å². The molecule has 0 saturated carbocycles. The van der Waals surface area contributed by atoms with Crippen LogP contribution >= 0.6 is 11.6 Å². The number of aromatic nitrogens is 5. The number of H-pyrrole nitrogens is 1. The number of nitrogens with zero attached hydrogens (tertiary/aromatic N) is 4. The SMILES string of the molecule is O=C(Nc1n[nH]c(-c2ccccc2Cl)n1)c1ccn(C2CCCNC2)n1. The molecule has 1 aliphatic heterocycles. The van der Waals surface area contributed by atoms with Gasteiger partial charge in [0.25, 0.3) is 5.91 Å². The van der Waals surface area contributed by atoms with Gasteiger partial charge in [-0.25, -0.2) is 0 Å². The third-order valence-corrected chi connectivity index (χ3v) is 4.66. The highest BCUT2D eigenvalue weighted by molar-refractivity contribution is 6.33. The van der Waals surface area contributed by atoms with Crippen LogP contribution in [0.15, 0.2) is 36.5 Å². The highest BCUT2D eigenvalue weighted by atomic mass is 35.5. The quantitative estimate of drug-likeness (QED) is 0.654. The van der Waals surface area contributed by atoms with Crippen LogP contribution in [-0.4, -0.2) is 44.0 Å². The number of aromatic amines is 1. The molecule has 0 bridgehead atoms. The van der Waals surface area contributed by atoms with Crippen LogP contribution in [0, 0.1) is 0 Å². The van der Waals surface area contributed by atoms with Gasteiger partial charge in [-0.2, -0.15) is 10.1 Å². The van der Waals surface area contributed by atoms with E-state index >= 15 is 0 Å². The van der Waals surface area contributed by atoms with E-state index in [0.717, 1.165) is 31.5 Å². The molecule has 0 spiro atoms. The first-order chi connectivity index (χ1) is 12.7. The molecule has 1 unspecified atom stereocenters. The molecule has 1 fully saturated rings. The molecule has 4 rings (SSSR count). The number of hydrogen-bond acceptors (Lipinski definition) is 5. The summed E-state index contributed by atoms with van der Waals surface area (Å²) >= 11 is 6.15. The fourth-order valence-corrected chi connectivity index (χ4v) is 3.20. The van der Waals surface area contributed by atoms with Gasteiger partial charge in [0, 0.05) is 18.3 Å². The number of hydrogen-bond donors (Lipinski definition) is 3. The number of nitrogens with one attached hydrogen (secondary N) is 3. The highest BCUT2D eigenvalue weighted by Crippen LogP contribution is 2.25. The summed E-state index contributed by atoms with van der Waals surface area (Å²) in [6.07, 6.45) is 3.99. The van der Waals surface area contributed by atoms with E-state index in [4.69, 9.17) is 11.6 Å². The number of anilines is 1. The summed E-state index contributed by atoms with van der Waals surface area (Å²) < 4.78 is 1.84. The first kappa shape index (κ1) is 16.7. The lowest BCUT2D eigenvalue weighted by Crippen LogP contribution is -2.32. The van der Waals surface area contributed by atoms with Crippen LogP contribution in [0.1, 0.15) is 29.4 Å². The maximum atomic E-state index is 12.4. The number of benzene rings is 1. The molecular weight excluding hydrogens is 354 g/mol. The molecule has 0 radical (unpaired) electrons. The maximum Gasteiger partial charge on any atom is 0.278 e. The Bertz CT molecular complexity index is 913. The summed E-state index contributed by atoms with van der Waals surface area (Å²) in [4.78, 5) is 16.7. The zero-order valence-corrected chi connectivity index (χ0v) is 14.7. The Morgan fingerprint density at radius 3 is 3.00 bits per heavy atom. The van der Waals surface area contributed by atoms with Gasteiger partial charge in [0.05, 0.1) is 11.1 Å². The molecule has 1 aliphatic rings. The van der Waals surface area contributed by atoms with Crippen molar-refractivity contribution in [3.05, 3.63) is 47.2 Å². The Kier molecular flexibility index (Phi) is 4.68. The minimum absolute atomic E-state index is 0.179. The molecule has 3 N–H and O–H groups in total. The Morgan fingerprint density at radius 2 is 2.19 bits per heavy atom. The molecular formula is C17H18ClN7O. The zero-order chi connectivity index (χ0) is 17.9. The fraction of sp³-hybridized carbons (Fsp3) is 0.294. The van der Waals surface area contributed by atoms with Crippen molar-refractivity contribution in [1.82, 2.24) is 30.3 Å². The van der Waals surface area contributed by atoms with E-state index in [2.05, 4.69) is 30.9 Å². The van der Waals surface area contributed by atoms with E-state index < -0.39 is 0 Å². The smallest absolute Gasteiger partial charge is 0.278 e. The average molecular weight is 372 g/mol. The third kappa shape index (κ3) is 3.47. The molecule has 1 amide bonds. The van der Waals surface area contributed by atoms with Crippen LogP contribution in [0.25, 0.3) is 11.4 Å². The molecule has 1 atom stereocenters. The van der Waals surface area contributed by atoms with Gasteiger partial charge in [-0.1, -0.05) is 23.7 Å². The average Bonchev–Trinajstić information content (AvgIpc) is 3.33. The molecule has 26 heavy (non-hydrogen) atoms. The number of amides is 1. The first-order valence-electron chi connectivity index (χ1n) is 8.45. The largest absolute Gasteiger partial charge is 0.315 e. The summed E-state index contributed by atoms with van der Waals surface area (Å²) in [6.45, 7) is 1.90. The van der Waals surface area contributed by atoms with Crippen molar-refractivity contribution >= 4 is 23.5 Å². The second kappa shape index (κ2) is 7.27. The molecule has 8 nitrogen and oxygen atoms in total. The van der Waals surface area contributed by atoms with Crippen molar-refractivity contribution in [2.24, 2.45) is 0 Å². The number of carbonyl (C=O) groups is 1. The van der Waals surface area contributed by atoms with E-state index in [1.165, 1.54) is 0 Å². The van der Waals surface area contributed by atoms with Gasteiger partial charge in [0.15, 0.2) is 11.5 Å². The minimum Gasteiger partial charge on any atom is -0.315 e. The van der Waals surface area contributed by atoms with E-state index in [-0.39, 0.29) is 17.9 Å². The van der Waals surface area contributed by atoms with Gasteiger partial charge in [-0.05, 0) is 37.6 Å². The van der Waals surface area contributed by atoms with E-state index in [0.29, 0.717) is 16.5 Å². The third-order valence-electron chi connectivity index (χ3n) is 4.33. The van der Waals surface area contributed by atoms with Crippen LogP contribution in [0.2, 0.25) is 5.02 Å². The van der Waals surface area contributed by atoms with Gasteiger partial charge < -0.3 is 5.32 Å². The minimum atomic E-state index is -0.350. The predicted octanol–water partition coefficient (Wildman–Crippen LogP) is 2.50. The lowest BCUT2D eigenvalue weighted by Gasteiger charge is -2.22. The lowest BCUT2D eigenvalue weighted by molar-refractivity contribution is 0.102. The summed E-state index contributed by atoms with van der Waals surface area (Å²) in [5, 5.41) is 17.7. The number of halogens is 1. The normalized spacial score (nSPS) is 17.2.